The summed E-state index contributed by atoms with van der Waals surface area (Å²) in [6.45, 7) is 2.26. The third kappa shape index (κ3) is 3.09. The van der Waals surface area contributed by atoms with Gasteiger partial charge in [0, 0.05) is 44.2 Å². The zero-order valence-corrected chi connectivity index (χ0v) is 12.0. The van der Waals surface area contributed by atoms with E-state index in [0.717, 1.165) is 35.2 Å². The summed E-state index contributed by atoms with van der Waals surface area (Å²) in [5, 5.41) is 10.2. The molecule has 108 valence electrons. The smallest absolute Gasteiger partial charge is 0.0766 e. The van der Waals surface area contributed by atoms with Crippen molar-refractivity contribution in [1.29, 1.82) is 0 Å². The monoisotopic (exact) mass is 282 g/mol. The maximum Gasteiger partial charge on any atom is 0.0766 e. The number of aromatic nitrogens is 3. The summed E-state index contributed by atoms with van der Waals surface area (Å²) in [6.07, 6.45) is 5.66. The SMILES string of the molecule is COCCNCc1ccn(-c2cccc3ccncc23)n1. The highest BCUT2D eigenvalue weighted by atomic mass is 16.5. The van der Waals surface area contributed by atoms with Crippen LogP contribution in [0.3, 0.4) is 0 Å². The Morgan fingerprint density at radius 3 is 3.10 bits per heavy atom. The first-order valence-electron chi connectivity index (χ1n) is 6.96. The molecule has 2 aromatic heterocycles. The first kappa shape index (κ1) is 13.7. The molecule has 0 saturated carbocycles. The Labute approximate surface area is 123 Å². The molecular weight excluding hydrogens is 264 g/mol. The second-order valence-electron chi connectivity index (χ2n) is 4.80. The number of fused-ring (bicyclic) bond motifs is 1. The molecule has 1 aromatic carbocycles. The van der Waals surface area contributed by atoms with Crippen molar-refractivity contribution in [3.8, 4) is 5.69 Å². The Morgan fingerprint density at radius 2 is 2.19 bits per heavy atom. The molecule has 21 heavy (non-hydrogen) atoms. The molecule has 3 aromatic rings. The van der Waals surface area contributed by atoms with Crippen molar-refractivity contribution in [3.63, 3.8) is 0 Å². The van der Waals surface area contributed by atoms with Crippen molar-refractivity contribution in [2.75, 3.05) is 20.3 Å². The highest BCUT2D eigenvalue weighted by molar-refractivity contribution is 5.89. The van der Waals surface area contributed by atoms with Crippen LogP contribution in [0.25, 0.3) is 16.5 Å². The molecule has 0 aliphatic carbocycles. The van der Waals surface area contributed by atoms with Crippen LogP contribution >= 0.6 is 0 Å². The third-order valence-corrected chi connectivity index (χ3v) is 3.34. The van der Waals surface area contributed by atoms with E-state index in [9.17, 15) is 0 Å². The lowest BCUT2D eigenvalue weighted by molar-refractivity contribution is 0.199. The van der Waals surface area contributed by atoms with Crippen LogP contribution in [0.1, 0.15) is 5.69 Å². The molecule has 0 amide bonds. The number of hydrogen-bond acceptors (Lipinski definition) is 4. The Kier molecular flexibility index (Phi) is 4.23. The van der Waals surface area contributed by atoms with E-state index < -0.39 is 0 Å². The van der Waals surface area contributed by atoms with E-state index >= 15 is 0 Å². The second kappa shape index (κ2) is 6.47. The van der Waals surface area contributed by atoms with Crippen LogP contribution in [0.2, 0.25) is 0 Å². The van der Waals surface area contributed by atoms with E-state index in [-0.39, 0.29) is 0 Å². The van der Waals surface area contributed by atoms with Gasteiger partial charge in [-0.2, -0.15) is 5.10 Å². The Balaban J connectivity index is 1.81. The fourth-order valence-electron chi connectivity index (χ4n) is 2.28. The molecule has 0 fully saturated rings. The van der Waals surface area contributed by atoms with E-state index in [1.54, 1.807) is 13.3 Å². The number of nitrogens with zero attached hydrogens (tertiary/aromatic N) is 3. The van der Waals surface area contributed by atoms with E-state index in [0.29, 0.717) is 6.61 Å². The molecule has 0 atom stereocenters. The minimum atomic E-state index is 0.704. The van der Waals surface area contributed by atoms with Gasteiger partial charge in [-0.25, -0.2) is 4.68 Å². The summed E-state index contributed by atoms with van der Waals surface area (Å²) in [6, 6.07) is 10.2. The van der Waals surface area contributed by atoms with Crippen molar-refractivity contribution >= 4 is 10.8 Å². The average molecular weight is 282 g/mol. The summed E-state index contributed by atoms with van der Waals surface area (Å²) < 4.78 is 6.91. The molecule has 2 heterocycles. The summed E-state index contributed by atoms with van der Waals surface area (Å²) in [4.78, 5) is 4.21. The van der Waals surface area contributed by atoms with E-state index in [1.165, 1.54) is 0 Å². The summed E-state index contributed by atoms with van der Waals surface area (Å²) in [5.74, 6) is 0. The van der Waals surface area contributed by atoms with Gasteiger partial charge in [-0.1, -0.05) is 12.1 Å². The molecule has 1 N–H and O–H groups in total. The van der Waals surface area contributed by atoms with Crippen molar-refractivity contribution in [3.05, 3.63) is 54.6 Å². The zero-order valence-electron chi connectivity index (χ0n) is 12.0. The third-order valence-electron chi connectivity index (χ3n) is 3.34. The van der Waals surface area contributed by atoms with Crippen molar-refractivity contribution < 1.29 is 4.74 Å². The molecule has 3 rings (SSSR count). The lowest BCUT2D eigenvalue weighted by Gasteiger charge is -2.06. The molecule has 0 saturated heterocycles. The number of pyridine rings is 1. The molecule has 0 radical (unpaired) electrons. The summed E-state index contributed by atoms with van der Waals surface area (Å²) in [7, 11) is 1.70. The van der Waals surface area contributed by atoms with Gasteiger partial charge in [0.25, 0.3) is 0 Å². The first-order valence-corrected chi connectivity index (χ1v) is 6.96. The van der Waals surface area contributed by atoms with E-state index in [1.807, 2.05) is 35.3 Å². The lowest BCUT2D eigenvalue weighted by atomic mass is 10.1. The average Bonchev–Trinajstić information content (AvgIpc) is 3.00. The van der Waals surface area contributed by atoms with Gasteiger partial charge in [-0.05, 0) is 23.6 Å². The first-order chi connectivity index (χ1) is 10.4. The van der Waals surface area contributed by atoms with Gasteiger partial charge in [-0.3, -0.25) is 4.98 Å². The van der Waals surface area contributed by atoms with Crippen LogP contribution in [-0.2, 0) is 11.3 Å². The standard InChI is InChI=1S/C16H18N4O/c1-21-10-8-18-11-14-6-9-20(19-14)16-4-2-3-13-5-7-17-12-15(13)16/h2-7,9,12,18H,8,10-11H2,1H3. The van der Waals surface area contributed by atoms with Crippen molar-refractivity contribution in [2.24, 2.45) is 0 Å². The zero-order chi connectivity index (χ0) is 14.5. The van der Waals surface area contributed by atoms with Gasteiger partial charge in [-0.15, -0.1) is 0 Å². The minimum absolute atomic E-state index is 0.704. The quantitative estimate of drug-likeness (QED) is 0.704. The molecule has 5 nitrogen and oxygen atoms in total. The number of benzene rings is 1. The normalized spacial score (nSPS) is 11.1. The van der Waals surface area contributed by atoms with Gasteiger partial charge in [0.1, 0.15) is 0 Å². The fraction of sp³-hybridized carbons (Fsp3) is 0.250. The van der Waals surface area contributed by atoms with E-state index in [2.05, 4.69) is 27.5 Å². The maximum atomic E-state index is 5.01. The maximum absolute atomic E-state index is 5.01. The van der Waals surface area contributed by atoms with Crippen LogP contribution < -0.4 is 5.32 Å². The summed E-state index contributed by atoms with van der Waals surface area (Å²) in [5.41, 5.74) is 2.05. The van der Waals surface area contributed by atoms with Gasteiger partial charge in [0.15, 0.2) is 0 Å². The van der Waals surface area contributed by atoms with Crippen LogP contribution in [0.4, 0.5) is 0 Å². The molecule has 0 bridgehead atoms. The molecule has 0 aliphatic rings. The highest BCUT2D eigenvalue weighted by Gasteiger charge is 2.05. The lowest BCUT2D eigenvalue weighted by Crippen LogP contribution is -2.18. The molecule has 0 unspecified atom stereocenters. The number of rotatable bonds is 6. The molecule has 0 spiro atoms. The van der Waals surface area contributed by atoms with E-state index in [4.69, 9.17) is 4.74 Å². The summed E-state index contributed by atoms with van der Waals surface area (Å²) >= 11 is 0. The predicted octanol–water partition coefficient (Wildman–Crippen LogP) is 2.16. The van der Waals surface area contributed by atoms with Crippen molar-refractivity contribution in [2.45, 2.75) is 6.54 Å². The van der Waals surface area contributed by atoms with Crippen LogP contribution in [0, 0.1) is 0 Å². The number of ether oxygens (including phenoxy) is 1. The largest absolute Gasteiger partial charge is 0.383 e. The molecule has 0 aliphatic heterocycles. The molecular formula is C16H18N4O. The Morgan fingerprint density at radius 1 is 1.24 bits per heavy atom. The van der Waals surface area contributed by atoms with Crippen LogP contribution in [0.15, 0.2) is 48.9 Å². The Bertz CT molecular complexity index is 718. The van der Waals surface area contributed by atoms with Crippen molar-refractivity contribution in [1.82, 2.24) is 20.1 Å². The fourth-order valence-corrected chi connectivity index (χ4v) is 2.28. The van der Waals surface area contributed by atoms with Gasteiger partial charge >= 0.3 is 0 Å². The van der Waals surface area contributed by atoms with Crippen LogP contribution in [-0.4, -0.2) is 35.0 Å². The van der Waals surface area contributed by atoms with Gasteiger partial charge in [0.05, 0.1) is 18.0 Å². The van der Waals surface area contributed by atoms with Crippen LogP contribution in [0.5, 0.6) is 0 Å². The molecule has 5 heteroatoms. The predicted molar refractivity (Wildman–Crippen MR) is 82.4 cm³/mol. The number of nitrogens with one attached hydrogen (secondary N) is 1. The van der Waals surface area contributed by atoms with Gasteiger partial charge in [0.2, 0.25) is 0 Å². The minimum Gasteiger partial charge on any atom is -0.383 e. The topological polar surface area (TPSA) is 52.0 Å². The van der Waals surface area contributed by atoms with Gasteiger partial charge < -0.3 is 10.1 Å². The number of hydrogen-bond donors (Lipinski definition) is 1. The Hall–Kier alpha value is -2.24. The second-order valence-corrected chi connectivity index (χ2v) is 4.80. The highest BCUT2D eigenvalue weighted by Crippen LogP contribution is 2.20. The number of methoxy groups -OCH3 is 1.